The van der Waals surface area contributed by atoms with Crippen LogP contribution in [0.5, 0.6) is 0 Å². The Balaban J connectivity index is 1.64. The van der Waals surface area contributed by atoms with Gasteiger partial charge < -0.3 is 14.6 Å². The van der Waals surface area contributed by atoms with Crippen LogP contribution in [-0.4, -0.2) is 22.7 Å². The Bertz CT molecular complexity index is 930. The number of nitrogens with zero attached hydrogens (tertiary/aromatic N) is 2. The number of ether oxygens (including phenoxy) is 1. The van der Waals surface area contributed by atoms with Gasteiger partial charge in [-0.3, -0.25) is 4.79 Å². The van der Waals surface area contributed by atoms with Gasteiger partial charge in [0.25, 0.3) is 0 Å². The molecule has 0 aliphatic carbocycles. The molecule has 2 atom stereocenters. The molecule has 0 aliphatic rings. The van der Waals surface area contributed by atoms with Gasteiger partial charge in [0.1, 0.15) is 12.6 Å². The summed E-state index contributed by atoms with van der Waals surface area (Å²) in [5.41, 5.74) is 1.77. The van der Waals surface area contributed by atoms with E-state index in [9.17, 15) is 4.79 Å². The zero-order valence-electron chi connectivity index (χ0n) is 16.5. The first-order chi connectivity index (χ1) is 14.1. The normalized spacial score (nSPS) is 13.1. The smallest absolute Gasteiger partial charge is 0.249 e. The standard InChI is InChI=1S/C22H24ClN3O3/c1-3-15(2)20(24-19(27)14-28-13-16-8-5-4-6-9-16)22-25-21(26-29-22)17-10-7-11-18(23)12-17/h4-12,15,20H,3,13-14H2,1-2H3,(H,24,27)/t15-,20-/m1/s1. The second-order valence-corrected chi connectivity index (χ2v) is 7.31. The van der Waals surface area contributed by atoms with Gasteiger partial charge in [0.2, 0.25) is 17.6 Å². The summed E-state index contributed by atoms with van der Waals surface area (Å²) in [6.45, 7) is 4.40. The number of halogens is 1. The van der Waals surface area contributed by atoms with Crippen molar-refractivity contribution in [2.75, 3.05) is 6.61 Å². The summed E-state index contributed by atoms with van der Waals surface area (Å²) in [5.74, 6) is 0.686. The molecule has 0 spiro atoms. The molecule has 0 saturated carbocycles. The number of aromatic nitrogens is 2. The summed E-state index contributed by atoms with van der Waals surface area (Å²) in [4.78, 5) is 16.9. The minimum Gasteiger partial charge on any atom is -0.367 e. The molecule has 3 rings (SSSR count). The first-order valence-corrected chi connectivity index (χ1v) is 9.95. The fourth-order valence-corrected chi connectivity index (χ4v) is 3.03. The van der Waals surface area contributed by atoms with E-state index in [1.807, 2.05) is 56.3 Å². The first-order valence-electron chi connectivity index (χ1n) is 9.57. The van der Waals surface area contributed by atoms with Crippen molar-refractivity contribution in [3.05, 3.63) is 71.1 Å². The van der Waals surface area contributed by atoms with E-state index in [4.69, 9.17) is 20.9 Å². The van der Waals surface area contributed by atoms with Crippen LogP contribution in [0.1, 0.15) is 37.8 Å². The maximum atomic E-state index is 12.4. The molecule has 0 saturated heterocycles. The topological polar surface area (TPSA) is 77.2 Å². The van der Waals surface area contributed by atoms with Gasteiger partial charge in [0.05, 0.1) is 6.61 Å². The second-order valence-electron chi connectivity index (χ2n) is 6.88. The lowest BCUT2D eigenvalue weighted by Crippen LogP contribution is -2.35. The van der Waals surface area contributed by atoms with Gasteiger partial charge in [-0.25, -0.2) is 0 Å². The molecule has 1 N–H and O–H groups in total. The molecule has 1 aromatic heterocycles. The van der Waals surface area contributed by atoms with Gasteiger partial charge in [-0.05, 0) is 23.6 Å². The fourth-order valence-electron chi connectivity index (χ4n) is 2.84. The predicted octanol–water partition coefficient (Wildman–Crippen LogP) is 4.81. The van der Waals surface area contributed by atoms with Gasteiger partial charge in [0, 0.05) is 10.6 Å². The van der Waals surface area contributed by atoms with E-state index in [0.717, 1.165) is 17.5 Å². The number of rotatable bonds is 9. The number of amides is 1. The Morgan fingerprint density at radius 3 is 2.72 bits per heavy atom. The number of hydrogen-bond donors (Lipinski definition) is 1. The molecular formula is C22H24ClN3O3. The van der Waals surface area contributed by atoms with Crippen molar-refractivity contribution in [2.45, 2.75) is 32.9 Å². The summed E-state index contributed by atoms with van der Waals surface area (Å²) in [7, 11) is 0. The lowest BCUT2D eigenvalue weighted by Gasteiger charge is -2.20. The van der Waals surface area contributed by atoms with E-state index in [0.29, 0.717) is 23.3 Å². The van der Waals surface area contributed by atoms with E-state index in [-0.39, 0.29) is 18.4 Å². The third kappa shape index (κ3) is 5.89. The summed E-state index contributed by atoms with van der Waals surface area (Å²) >= 11 is 6.04. The first kappa shape index (κ1) is 21.0. The molecule has 0 fully saturated rings. The highest BCUT2D eigenvalue weighted by Gasteiger charge is 2.26. The van der Waals surface area contributed by atoms with Crippen molar-refractivity contribution in [1.29, 1.82) is 0 Å². The Labute approximate surface area is 175 Å². The van der Waals surface area contributed by atoms with Crippen LogP contribution >= 0.6 is 11.6 Å². The van der Waals surface area contributed by atoms with Gasteiger partial charge in [0.15, 0.2) is 0 Å². The van der Waals surface area contributed by atoms with Crippen LogP contribution in [0.25, 0.3) is 11.4 Å². The molecule has 6 nitrogen and oxygen atoms in total. The SMILES string of the molecule is CC[C@@H](C)[C@@H](NC(=O)COCc1ccccc1)c1nc(-c2cccc(Cl)c2)no1. The molecule has 29 heavy (non-hydrogen) atoms. The van der Waals surface area contributed by atoms with Crippen LogP contribution in [0.15, 0.2) is 59.1 Å². The molecule has 0 radical (unpaired) electrons. The second kappa shape index (κ2) is 10.2. The lowest BCUT2D eigenvalue weighted by molar-refractivity contribution is -0.127. The maximum absolute atomic E-state index is 12.4. The summed E-state index contributed by atoms with van der Waals surface area (Å²) in [5, 5.41) is 7.60. The minimum atomic E-state index is -0.395. The summed E-state index contributed by atoms with van der Waals surface area (Å²) in [6, 6.07) is 16.6. The third-order valence-corrected chi connectivity index (χ3v) is 4.90. The molecule has 2 aromatic carbocycles. The summed E-state index contributed by atoms with van der Waals surface area (Å²) in [6.07, 6.45) is 0.838. The molecule has 7 heteroatoms. The van der Waals surface area contributed by atoms with Crippen molar-refractivity contribution < 1.29 is 14.1 Å². The van der Waals surface area contributed by atoms with Crippen LogP contribution < -0.4 is 5.32 Å². The van der Waals surface area contributed by atoms with Gasteiger partial charge >= 0.3 is 0 Å². The number of carbonyl (C=O) groups is 1. The molecule has 0 bridgehead atoms. The van der Waals surface area contributed by atoms with Crippen molar-refractivity contribution in [3.8, 4) is 11.4 Å². The van der Waals surface area contributed by atoms with Crippen LogP contribution in [0.4, 0.5) is 0 Å². The fraction of sp³-hybridized carbons (Fsp3) is 0.318. The molecule has 3 aromatic rings. The number of carbonyl (C=O) groups excluding carboxylic acids is 1. The Morgan fingerprint density at radius 1 is 1.21 bits per heavy atom. The molecular weight excluding hydrogens is 390 g/mol. The zero-order chi connectivity index (χ0) is 20.6. The van der Waals surface area contributed by atoms with Crippen LogP contribution in [0, 0.1) is 5.92 Å². The van der Waals surface area contributed by atoms with Gasteiger partial charge in [-0.1, -0.05) is 79.5 Å². The van der Waals surface area contributed by atoms with E-state index >= 15 is 0 Å². The highest BCUT2D eigenvalue weighted by Crippen LogP contribution is 2.26. The van der Waals surface area contributed by atoms with E-state index in [1.54, 1.807) is 12.1 Å². The van der Waals surface area contributed by atoms with E-state index < -0.39 is 6.04 Å². The average Bonchev–Trinajstić information content (AvgIpc) is 3.22. The molecule has 152 valence electrons. The molecule has 1 amide bonds. The Kier molecular flexibility index (Phi) is 7.38. The third-order valence-electron chi connectivity index (χ3n) is 4.66. The van der Waals surface area contributed by atoms with Crippen LogP contribution in [0.3, 0.4) is 0 Å². The number of hydrogen-bond acceptors (Lipinski definition) is 5. The Hall–Kier alpha value is -2.70. The van der Waals surface area contributed by atoms with Crippen molar-refractivity contribution in [1.82, 2.24) is 15.5 Å². The lowest BCUT2D eigenvalue weighted by atomic mass is 9.99. The highest BCUT2D eigenvalue weighted by atomic mass is 35.5. The predicted molar refractivity (Wildman–Crippen MR) is 111 cm³/mol. The zero-order valence-corrected chi connectivity index (χ0v) is 17.2. The van der Waals surface area contributed by atoms with Crippen molar-refractivity contribution >= 4 is 17.5 Å². The minimum absolute atomic E-state index is 0.0445. The van der Waals surface area contributed by atoms with Crippen molar-refractivity contribution in [3.63, 3.8) is 0 Å². The van der Waals surface area contributed by atoms with Gasteiger partial charge in [-0.2, -0.15) is 4.98 Å². The molecule has 0 unspecified atom stereocenters. The number of nitrogens with one attached hydrogen (secondary N) is 1. The maximum Gasteiger partial charge on any atom is 0.249 e. The number of benzene rings is 2. The van der Waals surface area contributed by atoms with Gasteiger partial charge in [-0.15, -0.1) is 0 Å². The van der Waals surface area contributed by atoms with Crippen LogP contribution in [-0.2, 0) is 16.1 Å². The van der Waals surface area contributed by atoms with Crippen LogP contribution in [0.2, 0.25) is 5.02 Å². The highest BCUT2D eigenvalue weighted by molar-refractivity contribution is 6.30. The Morgan fingerprint density at radius 2 is 2.00 bits per heavy atom. The quantitative estimate of drug-likeness (QED) is 0.544. The molecule has 1 heterocycles. The summed E-state index contributed by atoms with van der Waals surface area (Å²) < 4.78 is 11.0. The largest absolute Gasteiger partial charge is 0.367 e. The van der Waals surface area contributed by atoms with E-state index in [2.05, 4.69) is 15.5 Å². The van der Waals surface area contributed by atoms with E-state index in [1.165, 1.54) is 0 Å². The average molecular weight is 414 g/mol. The monoisotopic (exact) mass is 413 g/mol. The molecule has 0 aliphatic heterocycles. The van der Waals surface area contributed by atoms with Crippen molar-refractivity contribution in [2.24, 2.45) is 5.92 Å².